The van der Waals surface area contributed by atoms with E-state index in [4.69, 9.17) is 32.7 Å². The van der Waals surface area contributed by atoms with Crippen LogP contribution in [-0.4, -0.2) is 25.1 Å². The third-order valence-corrected chi connectivity index (χ3v) is 3.74. The largest absolute Gasteiger partial charge is 0.506 e. The van der Waals surface area contributed by atoms with E-state index in [1.54, 1.807) is 24.3 Å². The summed E-state index contributed by atoms with van der Waals surface area (Å²) >= 11 is 11.9. The van der Waals surface area contributed by atoms with Crippen LogP contribution in [0.3, 0.4) is 0 Å². The summed E-state index contributed by atoms with van der Waals surface area (Å²) in [5, 5.41) is 9.91. The smallest absolute Gasteiger partial charge is 0.189 e. The molecule has 2 aromatic carbocycles. The van der Waals surface area contributed by atoms with Crippen molar-refractivity contribution in [2.45, 2.75) is 0 Å². The first-order valence-electron chi connectivity index (χ1n) is 6.58. The molecule has 0 saturated heterocycles. The van der Waals surface area contributed by atoms with Gasteiger partial charge in [0.25, 0.3) is 0 Å². The van der Waals surface area contributed by atoms with Crippen LogP contribution in [0.15, 0.2) is 36.4 Å². The van der Waals surface area contributed by atoms with E-state index in [1.165, 1.54) is 32.4 Å². The Bertz CT molecular complexity index is 769. The Labute approximate surface area is 143 Å². The van der Waals surface area contributed by atoms with Gasteiger partial charge in [0.05, 0.1) is 29.8 Å². The van der Waals surface area contributed by atoms with Crippen molar-refractivity contribution < 1.29 is 19.4 Å². The lowest BCUT2D eigenvalue weighted by molar-refractivity contribution is 0.104. The number of phenols is 1. The average molecular weight is 353 g/mol. The molecule has 0 unspecified atom stereocenters. The van der Waals surface area contributed by atoms with Crippen LogP contribution in [-0.2, 0) is 0 Å². The molecule has 23 heavy (non-hydrogen) atoms. The summed E-state index contributed by atoms with van der Waals surface area (Å²) in [7, 11) is 2.94. The SMILES string of the molecule is COc1cc(OC)c(C(=O)C=Cc2ccc(O)c(Cl)c2)cc1Cl. The normalized spacial score (nSPS) is 10.8. The molecular weight excluding hydrogens is 339 g/mol. The zero-order valence-electron chi connectivity index (χ0n) is 12.5. The quantitative estimate of drug-likeness (QED) is 0.630. The highest BCUT2D eigenvalue weighted by Crippen LogP contribution is 2.33. The Balaban J connectivity index is 2.31. The van der Waals surface area contributed by atoms with Gasteiger partial charge in [0.1, 0.15) is 17.2 Å². The molecule has 0 amide bonds. The molecule has 0 bridgehead atoms. The van der Waals surface area contributed by atoms with Crippen molar-refractivity contribution in [3.8, 4) is 17.2 Å². The first-order chi connectivity index (χ1) is 11.0. The molecule has 0 aromatic heterocycles. The Hall–Kier alpha value is -2.17. The van der Waals surface area contributed by atoms with E-state index in [9.17, 15) is 9.90 Å². The zero-order chi connectivity index (χ0) is 17.0. The topological polar surface area (TPSA) is 55.8 Å². The number of allylic oxidation sites excluding steroid dienone is 1. The molecule has 120 valence electrons. The maximum atomic E-state index is 12.4. The molecule has 0 fully saturated rings. The Morgan fingerprint density at radius 3 is 2.35 bits per heavy atom. The summed E-state index contributed by atoms with van der Waals surface area (Å²) in [6, 6.07) is 7.70. The molecule has 0 aliphatic heterocycles. The predicted molar refractivity (Wildman–Crippen MR) is 91.0 cm³/mol. The standard InChI is InChI=1S/C17H14Cl2O4/c1-22-16-9-17(23-2)13(19)8-11(16)14(20)5-3-10-4-6-15(21)12(18)7-10/h3-9,21H,1-2H3. The number of phenolic OH excluding ortho intramolecular Hbond substituents is 1. The van der Waals surface area contributed by atoms with Crippen molar-refractivity contribution in [2.24, 2.45) is 0 Å². The summed E-state index contributed by atoms with van der Waals surface area (Å²) in [6.07, 6.45) is 2.97. The molecule has 2 aromatic rings. The van der Waals surface area contributed by atoms with E-state index in [2.05, 4.69) is 0 Å². The molecule has 0 heterocycles. The predicted octanol–water partition coefficient (Wildman–Crippen LogP) is 4.61. The van der Waals surface area contributed by atoms with E-state index in [0.29, 0.717) is 27.6 Å². The zero-order valence-corrected chi connectivity index (χ0v) is 14.0. The summed E-state index contributed by atoms with van der Waals surface area (Å²) in [6.45, 7) is 0. The van der Waals surface area contributed by atoms with Gasteiger partial charge in [-0.25, -0.2) is 0 Å². The molecule has 0 aliphatic carbocycles. The van der Waals surface area contributed by atoms with Crippen molar-refractivity contribution in [1.29, 1.82) is 0 Å². The van der Waals surface area contributed by atoms with Crippen LogP contribution in [0.2, 0.25) is 10.0 Å². The maximum absolute atomic E-state index is 12.4. The second-order valence-electron chi connectivity index (χ2n) is 4.60. The number of hydrogen-bond donors (Lipinski definition) is 1. The molecule has 2 rings (SSSR count). The molecule has 0 saturated carbocycles. The number of methoxy groups -OCH3 is 2. The highest BCUT2D eigenvalue weighted by atomic mass is 35.5. The fourth-order valence-electron chi connectivity index (χ4n) is 1.94. The minimum atomic E-state index is -0.282. The van der Waals surface area contributed by atoms with Gasteiger partial charge in [-0.05, 0) is 29.8 Å². The summed E-state index contributed by atoms with van der Waals surface area (Å²) in [5.74, 6) is 0.494. The molecule has 0 spiro atoms. The molecule has 4 nitrogen and oxygen atoms in total. The van der Waals surface area contributed by atoms with Crippen LogP contribution in [0.5, 0.6) is 17.2 Å². The first-order valence-corrected chi connectivity index (χ1v) is 7.34. The Morgan fingerprint density at radius 2 is 1.74 bits per heavy atom. The van der Waals surface area contributed by atoms with Crippen molar-refractivity contribution in [3.05, 3.63) is 57.6 Å². The van der Waals surface area contributed by atoms with Crippen molar-refractivity contribution >= 4 is 35.1 Å². The van der Waals surface area contributed by atoms with E-state index in [0.717, 1.165) is 0 Å². The fourth-order valence-corrected chi connectivity index (χ4v) is 2.37. The lowest BCUT2D eigenvalue weighted by Crippen LogP contribution is -2.00. The highest BCUT2D eigenvalue weighted by Gasteiger charge is 2.14. The lowest BCUT2D eigenvalue weighted by atomic mass is 10.1. The number of benzene rings is 2. The molecule has 0 aliphatic rings. The number of carbonyl (C=O) groups is 1. The highest BCUT2D eigenvalue weighted by molar-refractivity contribution is 6.33. The molecule has 1 N–H and O–H groups in total. The van der Waals surface area contributed by atoms with Gasteiger partial charge >= 0.3 is 0 Å². The van der Waals surface area contributed by atoms with Gasteiger partial charge in [0.2, 0.25) is 0 Å². The Morgan fingerprint density at radius 1 is 1.04 bits per heavy atom. The van der Waals surface area contributed by atoms with Gasteiger partial charge in [-0.1, -0.05) is 35.3 Å². The number of halogens is 2. The molecule has 6 heteroatoms. The lowest BCUT2D eigenvalue weighted by Gasteiger charge is -2.10. The minimum Gasteiger partial charge on any atom is -0.506 e. The third kappa shape index (κ3) is 3.97. The summed E-state index contributed by atoms with van der Waals surface area (Å²) < 4.78 is 10.3. The Kier molecular flexibility index (Phi) is 5.53. The van der Waals surface area contributed by atoms with Gasteiger partial charge in [0.15, 0.2) is 5.78 Å². The van der Waals surface area contributed by atoms with Crippen LogP contribution in [0.25, 0.3) is 6.08 Å². The van der Waals surface area contributed by atoms with Gasteiger partial charge < -0.3 is 14.6 Å². The molecule has 0 atom stereocenters. The second-order valence-corrected chi connectivity index (χ2v) is 5.41. The monoisotopic (exact) mass is 352 g/mol. The number of ketones is 1. The van der Waals surface area contributed by atoms with E-state index < -0.39 is 0 Å². The van der Waals surface area contributed by atoms with Crippen LogP contribution in [0, 0.1) is 0 Å². The fraction of sp³-hybridized carbons (Fsp3) is 0.118. The van der Waals surface area contributed by atoms with Gasteiger partial charge in [0, 0.05) is 6.07 Å². The van der Waals surface area contributed by atoms with E-state index in [1.807, 2.05) is 0 Å². The number of carbonyl (C=O) groups excluding carboxylic acids is 1. The van der Waals surface area contributed by atoms with Crippen molar-refractivity contribution in [1.82, 2.24) is 0 Å². The number of hydrogen-bond acceptors (Lipinski definition) is 4. The van der Waals surface area contributed by atoms with Gasteiger partial charge in [-0.15, -0.1) is 0 Å². The molecule has 0 radical (unpaired) electrons. The first kappa shape index (κ1) is 17.2. The maximum Gasteiger partial charge on any atom is 0.189 e. The number of rotatable bonds is 5. The molecular formula is C17H14Cl2O4. The van der Waals surface area contributed by atoms with Crippen molar-refractivity contribution in [3.63, 3.8) is 0 Å². The van der Waals surface area contributed by atoms with Crippen LogP contribution in [0.1, 0.15) is 15.9 Å². The third-order valence-electron chi connectivity index (χ3n) is 3.14. The van der Waals surface area contributed by atoms with Crippen LogP contribution in [0.4, 0.5) is 0 Å². The number of ether oxygens (including phenoxy) is 2. The summed E-state index contributed by atoms with van der Waals surface area (Å²) in [4.78, 5) is 12.4. The average Bonchev–Trinajstić information content (AvgIpc) is 2.55. The van der Waals surface area contributed by atoms with E-state index in [-0.39, 0.29) is 16.6 Å². The minimum absolute atomic E-state index is 0.0150. The van der Waals surface area contributed by atoms with Crippen molar-refractivity contribution in [2.75, 3.05) is 14.2 Å². The van der Waals surface area contributed by atoms with Crippen LogP contribution >= 0.6 is 23.2 Å². The second kappa shape index (κ2) is 7.40. The van der Waals surface area contributed by atoms with Crippen LogP contribution < -0.4 is 9.47 Å². The van der Waals surface area contributed by atoms with E-state index >= 15 is 0 Å². The number of aromatic hydroxyl groups is 1. The summed E-state index contributed by atoms with van der Waals surface area (Å²) in [5.41, 5.74) is 0.999. The van der Waals surface area contributed by atoms with Gasteiger partial charge in [-0.3, -0.25) is 4.79 Å². The van der Waals surface area contributed by atoms with Gasteiger partial charge in [-0.2, -0.15) is 0 Å².